The van der Waals surface area contributed by atoms with Crippen LogP contribution in [0.2, 0.25) is 0 Å². The summed E-state index contributed by atoms with van der Waals surface area (Å²) < 4.78 is 1.77. The molecule has 13 heavy (non-hydrogen) atoms. The van der Waals surface area contributed by atoms with E-state index < -0.39 is 0 Å². The second-order valence-corrected chi connectivity index (χ2v) is 3.85. The van der Waals surface area contributed by atoms with E-state index in [1.165, 1.54) is 19.3 Å². The molecule has 0 aliphatic heterocycles. The smallest absolute Gasteiger partial charge is 0.0861 e. The summed E-state index contributed by atoms with van der Waals surface area (Å²) in [6.45, 7) is 0.779. The van der Waals surface area contributed by atoms with E-state index in [0.29, 0.717) is 11.8 Å². The molecule has 0 aromatic carbocycles. The van der Waals surface area contributed by atoms with Crippen LogP contribution < -0.4 is 5.73 Å². The lowest BCUT2D eigenvalue weighted by Crippen LogP contribution is -2.17. The van der Waals surface area contributed by atoms with Crippen molar-refractivity contribution in [1.29, 1.82) is 0 Å². The molecular formula is C9H16N4. The lowest BCUT2D eigenvalue weighted by Gasteiger charge is -2.14. The van der Waals surface area contributed by atoms with Gasteiger partial charge in [0.1, 0.15) is 0 Å². The summed E-state index contributed by atoms with van der Waals surface area (Å²) in [7, 11) is 1.91. The molecule has 1 fully saturated rings. The molecule has 2 unspecified atom stereocenters. The molecule has 4 heteroatoms. The maximum atomic E-state index is 5.71. The third-order valence-corrected chi connectivity index (χ3v) is 2.96. The van der Waals surface area contributed by atoms with Gasteiger partial charge in [0, 0.05) is 19.2 Å². The molecule has 0 amide bonds. The summed E-state index contributed by atoms with van der Waals surface area (Å²) in [5, 5.41) is 8.11. The molecule has 4 nitrogen and oxygen atoms in total. The highest BCUT2D eigenvalue weighted by molar-refractivity contribution is 5.06. The maximum Gasteiger partial charge on any atom is 0.0861 e. The van der Waals surface area contributed by atoms with Gasteiger partial charge in [-0.2, -0.15) is 0 Å². The van der Waals surface area contributed by atoms with E-state index in [1.54, 1.807) is 4.68 Å². The molecule has 0 saturated heterocycles. The standard InChI is InChI=1S/C9H16N4/c1-13-6-9(11-12-13)8-4-2-3-7(8)5-10/h6-8H,2-5,10H2,1H3. The Morgan fingerprint density at radius 3 is 3.08 bits per heavy atom. The zero-order valence-electron chi connectivity index (χ0n) is 7.98. The van der Waals surface area contributed by atoms with Crippen molar-refractivity contribution in [1.82, 2.24) is 15.0 Å². The Hall–Kier alpha value is -0.900. The van der Waals surface area contributed by atoms with E-state index >= 15 is 0 Å². The Kier molecular flexibility index (Phi) is 2.31. The van der Waals surface area contributed by atoms with Crippen molar-refractivity contribution >= 4 is 0 Å². The van der Waals surface area contributed by atoms with Crippen molar-refractivity contribution in [3.05, 3.63) is 11.9 Å². The van der Waals surface area contributed by atoms with E-state index in [1.807, 2.05) is 13.2 Å². The summed E-state index contributed by atoms with van der Waals surface area (Å²) >= 11 is 0. The highest BCUT2D eigenvalue weighted by atomic mass is 15.4. The predicted octanol–water partition coefficient (Wildman–Crippen LogP) is 0.658. The monoisotopic (exact) mass is 180 g/mol. The lowest BCUT2D eigenvalue weighted by atomic mass is 9.94. The van der Waals surface area contributed by atoms with Crippen LogP contribution in [-0.4, -0.2) is 21.5 Å². The molecule has 1 aromatic rings. The zero-order chi connectivity index (χ0) is 9.26. The van der Waals surface area contributed by atoms with Gasteiger partial charge in [-0.1, -0.05) is 11.6 Å². The molecule has 2 rings (SSSR count). The minimum absolute atomic E-state index is 0.554. The number of hydrogen-bond donors (Lipinski definition) is 1. The van der Waals surface area contributed by atoms with Gasteiger partial charge in [0.05, 0.1) is 5.69 Å². The number of aromatic nitrogens is 3. The molecule has 1 aliphatic rings. The van der Waals surface area contributed by atoms with E-state index in [0.717, 1.165) is 12.2 Å². The van der Waals surface area contributed by atoms with Crippen molar-refractivity contribution in [3.63, 3.8) is 0 Å². The first-order valence-corrected chi connectivity index (χ1v) is 4.87. The molecule has 1 heterocycles. The van der Waals surface area contributed by atoms with Crippen molar-refractivity contribution in [3.8, 4) is 0 Å². The Labute approximate surface area is 78.1 Å². The van der Waals surface area contributed by atoms with E-state index in [9.17, 15) is 0 Å². The van der Waals surface area contributed by atoms with Crippen LogP contribution in [0.5, 0.6) is 0 Å². The second kappa shape index (κ2) is 3.46. The second-order valence-electron chi connectivity index (χ2n) is 3.85. The van der Waals surface area contributed by atoms with Gasteiger partial charge in [0.2, 0.25) is 0 Å². The number of aryl methyl sites for hydroxylation is 1. The topological polar surface area (TPSA) is 56.7 Å². The molecule has 2 N–H and O–H groups in total. The largest absolute Gasteiger partial charge is 0.330 e. The molecule has 1 aliphatic carbocycles. The lowest BCUT2D eigenvalue weighted by molar-refractivity contribution is 0.487. The van der Waals surface area contributed by atoms with Gasteiger partial charge in [0.25, 0.3) is 0 Å². The fourth-order valence-corrected chi connectivity index (χ4v) is 2.24. The van der Waals surface area contributed by atoms with Gasteiger partial charge in [-0.3, -0.25) is 4.68 Å². The average molecular weight is 180 g/mol. The van der Waals surface area contributed by atoms with Gasteiger partial charge in [-0.05, 0) is 25.3 Å². The van der Waals surface area contributed by atoms with Gasteiger partial charge in [-0.25, -0.2) is 0 Å². The quantitative estimate of drug-likeness (QED) is 0.727. The fourth-order valence-electron chi connectivity index (χ4n) is 2.24. The van der Waals surface area contributed by atoms with E-state index in [-0.39, 0.29) is 0 Å². The molecule has 0 bridgehead atoms. The van der Waals surface area contributed by atoms with Crippen LogP contribution in [0.4, 0.5) is 0 Å². The third kappa shape index (κ3) is 1.58. The van der Waals surface area contributed by atoms with E-state index in [4.69, 9.17) is 5.73 Å². The zero-order valence-corrected chi connectivity index (χ0v) is 7.98. The summed E-state index contributed by atoms with van der Waals surface area (Å²) in [4.78, 5) is 0. The molecule has 0 spiro atoms. The first kappa shape index (κ1) is 8.69. The van der Waals surface area contributed by atoms with Crippen LogP contribution in [-0.2, 0) is 7.05 Å². The van der Waals surface area contributed by atoms with E-state index in [2.05, 4.69) is 10.3 Å². The van der Waals surface area contributed by atoms with Crippen LogP contribution in [0, 0.1) is 5.92 Å². The Balaban J connectivity index is 2.15. The number of nitrogens with two attached hydrogens (primary N) is 1. The van der Waals surface area contributed by atoms with Crippen molar-refractivity contribution in [2.24, 2.45) is 18.7 Å². The molecule has 2 atom stereocenters. The van der Waals surface area contributed by atoms with Crippen LogP contribution in [0.15, 0.2) is 6.20 Å². The Morgan fingerprint density at radius 2 is 2.46 bits per heavy atom. The van der Waals surface area contributed by atoms with Crippen molar-refractivity contribution in [2.45, 2.75) is 25.2 Å². The number of hydrogen-bond acceptors (Lipinski definition) is 3. The maximum absolute atomic E-state index is 5.71. The molecule has 0 radical (unpaired) electrons. The first-order chi connectivity index (χ1) is 6.31. The van der Waals surface area contributed by atoms with Gasteiger partial charge in [0.15, 0.2) is 0 Å². The minimum atomic E-state index is 0.554. The van der Waals surface area contributed by atoms with Gasteiger partial charge in [-0.15, -0.1) is 5.10 Å². The summed E-state index contributed by atoms with van der Waals surface area (Å²) in [6.07, 6.45) is 5.76. The van der Waals surface area contributed by atoms with Crippen LogP contribution in [0.25, 0.3) is 0 Å². The highest BCUT2D eigenvalue weighted by Gasteiger charge is 2.29. The summed E-state index contributed by atoms with van der Waals surface area (Å²) in [5.41, 5.74) is 6.83. The number of rotatable bonds is 2. The van der Waals surface area contributed by atoms with Crippen LogP contribution in [0.1, 0.15) is 30.9 Å². The van der Waals surface area contributed by atoms with Gasteiger partial charge < -0.3 is 5.73 Å². The Morgan fingerprint density at radius 1 is 1.62 bits per heavy atom. The predicted molar refractivity (Wildman–Crippen MR) is 50.1 cm³/mol. The van der Waals surface area contributed by atoms with Crippen LogP contribution >= 0.6 is 0 Å². The minimum Gasteiger partial charge on any atom is -0.330 e. The average Bonchev–Trinajstić information content (AvgIpc) is 2.71. The fraction of sp³-hybridized carbons (Fsp3) is 0.778. The van der Waals surface area contributed by atoms with Gasteiger partial charge >= 0.3 is 0 Å². The Bertz CT molecular complexity index is 281. The molecule has 1 aromatic heterocycles. The normalized spacial score (nSPS) is 28.2. The number of nitrogens with zero attached hydrogens (tertiary/aromatic N) is 3. The molecular weight excluding hydrogens is 164 g/mol. The van der Waals surface area contributed by atoms with Crippen molar-refractivity contribution in [2.75, 3.05) is 6.54 Å². The molecule has 1 saturated carbocycles. The van der Waals surface area contributed by atoms with Crippen molar-refractivity contribution < 1.29 is 0 Å². The third-order valence-electron chi connectivity index (χ3n) is 2.96. The summed E-state index contributed by atoms with van der Waals surface area (Å²) in [5.74, 6) is 1.18. The SMILES string of the molecule is Cn1cc(C2CCCC2CN)nn1. The molecule has 72 valence electrons. The summed E-state index contributed by atoms with van der Waals surface area (Å²) in [6, 6.07) is 0. The first-order valence-electron chi connectivity index (χ1n) is 4.87. The highest BCUT2D eigenvalue weighted by Crippen LogP contribution is 2.37. The van der Waals surface area contributed by atoms with Crippen LogP contribution in [0.3, 0.4) is 0 Å².